The Balaban J connectivity index is 2.93. The van der Waals surface area contributed by atoms with Gasteiger partial charge in [0, 0.05) is 6.54 Å². The average Bonchev–Trinajstić information content (AvgIpc) is 2.30. The van der Waals surface area contributed by atoms with E-state index in [0.29, 0.717) is 13.0 Å². The smallest absolute Gasteiger partial charge is 0.242 e. The first kappa shape index (κ1) is 13.7. The molecule has 0 aliphatic carbocycles. The van der Waals surface area contributed by atoms with Gasteiger partial charge in [0.1, 0.15) is 4.90 Å². The van der Waals surface area contributed by atoms with Crippen LogP contribution >= 0.6 is 0 Å². The van der Waals surface area contributed by atoms with Crippen LogP contribution in [0.5, 0.6) is 0 Å². The normalized spacial score (nSPS) is 11.1. The summed E-state index contributed by atoms with van der Waals surface area (Å²) in [4.78, 5) is 10.5. The molecule has 6 heteroatoms. The van der Waals surface area contributed by atoms with E-state index in [1.807, 2.05) is 6.92 Å². The van der Waals surface area contributed by atoms with E-state index in [9.17, 15) is 13.2 Å². The van der Waals surface area contributed by atoms with Gasteiger partial charge in [0.15, 0.2) is 0 Å². The zero-order chi connectivity index (χ0) is 12.7. The van der Waals surface area contributed by atoms with Gasteiger partial charge >= 0.3 is 0 Å². The van der Waals surface area contributed by atoms with Crippen LogP contribution in [0.4, 0.5) is 5.69 Å². The fraction of sp³-hybridized carbons (Fsp3) is 0.364. The third-order valence-corrected chi connectivity index (χ3v) is 3.73. The molecule has 0 radical (unpaired) electrons. The van der Waals surface area contributed by atoms with Crippen molar-refractivity contribution in [3.05, 3.63) is 24.3 Å². The molecule has 0 aliphatic heterocycles. The van der Waals surface area contributed by atoms with Gasteiger partial charge in [0.05, 0.1) is 5.69 Å². The molecule has 17 heavy (non-hydrogen) atoms. The summed E-state index contributed by atoms with van der Waals surface area (Å²) in [6.07, 6.45) is 2.15. The molecule has 0 heterocycles. The van der Waals surface area contributed by atoms with Gasteiger partial charge in [0.2, 0.25) is 16.4 Å². The minimum Gasteiger partial charge on any atom is -0.328 e. The van der Waals surface area contributed by atoms with E-state index in [1.165, 1.54) is 6.07 Å². The monoisotopic (exact) mass is 256 g/mol. The second kappa shape index (κ2) is 6.36. The Kier molecular flexibility index (Phi) is 5.11. The number of rotatable bonds is 7. The van der Waals surface area contributed by atoms with Crippen LogP contribution in [-0.2, 0) is 14.8 Å². The summed E-state index contributed by atoms with van der Waals surface area (Å²) in [7, 11) is -3.56. The molecule has 0 atom stereocenters. The highest BCUT2D eigenvalue weighted by Crippen LogP contribution is 2.19. The first-order chi connectivity index (χ1) is 8.11. The number of nitrogens with one attached hydrogen (secondary N) is 2. The standard InChI is InChI=1S/C11H16N2O3S/c1-2-3-8-13-17(15,16)11-7-5-4-6-10(11)12-9-14/h4-7,9,13H,2-3,8H2,1H3,(H,12,14). The van der Waals surface area contributed by atoms with Crippen molar-refractivity contribution < 1.29 is 13.2 Å². The largest absolute Gasteiger partial charge is 0.328 e. The maximum atomic E-state index is 11.9. The van der Waals surface area contributed by atoms with E-state index in [0.717, 1.165) is 12.8 Å². The summed E-state index contributed by atoms with van der Waals surface area (Å²) in [5.74, 6) is 0. The predicted octanol–water partition coefficient (Wildman–Crippen LogP) is 1.33. The Labute approximate surface area is 101 Å². The van der Waals surface area contributed by atoms with Gasteiger partial charge in [-0.05, 0) is 18.6 Å². The Hall–Kier alpha value is -1.40. The van der Waals surface area contributed by atoms with Crippen molar-refractivity contribution in [3.8, 4) is 0 Å². The number of hydrogen-bond acceptors (Lipinski definition) is 3. The van der Waals surface area contributed by atoms with Gasteiger partial charge in [-0.2, -0.15) is 0 Å². The first-order valence-electron chi connectivity index (χ1n) is 5.40. The topological polar surface area (TPSA) is 75.3 Å². The minimum atomic E-state index is -3.56. The summed E-state index contributed by atoms with van der Waals surface area (Å²) in [6, 6.07) is 6.28. The molecule has 0 spiro atoms. The lowest BCUT2D eigenvalue weighted by atomic mass is 10.3. The molecule has 0 aromatic heterocycles. The van der Waals surface area contributed by atoms with E-state index < -0.39 is 10.0 Å². The Morgan fingerprint density at radius 1 is 1.29 bits per heavy atom. The number of para-hydroxylation sites is 1. The van der Waals surface area contributed by atoms with Crippen molar-refractivity contribution in [2.45, 2.75) is 24.7 Å². The van der Waals surface area contributed by atoms with Crippen LogP contribution in [0.2, 0.25) is 0 Å². The zero-order valence-corrected chi connectivity index (χ0v) is 10.5. The summed E-state index contributed by atoms with van der Waals surface area (Å²) >= 11 is 0. The number of amides is 1. The van der Waals surface area contributed by atoms with Crippen LogP contribution in [0.15, 0.2) is 29.2 Å². The van der Waals surface area contributed by atoms with Crippen LogP contribution in [0.3, 0.4) is 0 Å². The molecule has 0 saturated heterocycles. The maximum absolute atomic E-state index is 11.9. The molecule has 94 valence electrons. The van der Waals surface area contributed by atoms with Gasteiger partial charge in [0.25, 0.3) is 0 Å². The van der Waals surface area contributed by atoms with Crippen LogP contribution in [-0.4, -0.2) is 21.4 Å². The number of hydrogen-bond donors (Lipinski definition) is 2. The molecule has 5 nitrogen and oxygen atoms in total. The van der Waals surface area contributed by atoms with E-state index >= 15 is 0 Å². The Morgan fingerprint density at radius 2 is 2.00 bits per heavy atom. The molecule has 0 fully saturated rings. The van der Waals surface area contributed by atoms with Crippen molar-refractivity contribution >= 4 is 22.1 Å². The van der Waals surface area contributed by atoms with E-state index in [4.69, 9.17) is 0 Å². The van der Waals surface area contributed by atoms with E-state index in [-0.39, 0.29) is 10.6 Å². The van der Waals surface area contributed by atoms with Crippen molar-refractivity contribution in [2.75, 3.05) is 11.9 Å². The summed E-state index contributed by atoms with van der Waals surface area (Å²) < 4.78 is 26.4. The lowest BCUT2D eigenvalue weighted by Crippen LogP contribution is -2.25. The fourth-order valence-electron chi connectivity index (χ4n) is 1.34. The third kappa shape index (κ3) is 3.83. The van der Waals surface area contributed by atoms with Gasteiger partial charge in [-0.3, -0.25) is 4.79 Å². The van der Waals surface area contributed by atoms with Crippen LogP contribution in [0, 0.1) is 0 Å². The number of carbonyl (C=O) groups is 1. The van der Waals surface area contributed by atoms with E-state index in [1.54, 1.807) is 18.2 Å². The number of sulfonamides is 1. The van der Waals surface area contributed by atoms with Crippen LogP contribution < -0.4 is 10.0 Å². The summed E-state index contributed by atoms with van der Waals surface area (Å²) in [5.41, 5.74) is 0.284. The Bertz CT molecular complexity index is 471. The molecule has 0 bridgehead atoms. The van der Waals surface area contributed by atoms with E-state index in [2.05, 4.69) is 10.0 Å². The van der Waals surface area contributed by atoms with Crippen molar-refractivity contribution in [2.24, 2.45) is 0 Å². The van der Waals surface area contributed by atoms with Crippen molar-refractivity contribution in [1.82, 2.24) is 4.72 Å². The molecule has 1 aromatic rings. The lowest BCUT2D eigenvalue weighted by Gasteiger charge is -2.10. The molecular weight excluding hydrogens is 240 g/mol. The average molecular weight is 256 g/mol. The van der Waals surface area contributed by atoms with Gasteiger partial charge in [-0.1, -0.05) is 25.5 Å². The zero-order valence-electron chi connectivity index (χ0n) is 9.64. The van der Waals surface area contributed by atoms with Gasteiger partial charge in [-0.25, -0.2) is 13.1 Å². The molecule has 1 rings (SSSR count). The van der Waals surface area contributed by atoms with Crippen LogP contribution in [0.1, 0.15) is 19.8 Å². The number of benzene rings is 1. The number of carbonyl (C=O) groups excluding carboxylic acids is 1. The fourth-order valence-corrected chi connectivity index (χ4v) is 2.59. The summed E-state index contributed by atoms with van der Waals surface area (Å²) in [6.45, 7) is 2.38. The highest BCUT2D eigenvalue weighted by atomic mass is 32.2. The molecule has 1 amide bonds. The number of unbranched alkanes of at least 4 members (excludes halogenated alkanes) is 1. The molecule has 1 aromatic carbocycles. The van der Waals surface area contributed by atoms with Gasteiger partial charge in [-0.15, -0.1) is 0 Å². The highest BCUT2D eigenvalue weighted by molar-refractivity contribution is 7.89. The van der Waals surface area contributed by atoms with Crippen molar-refractivity contribution in [3.63, 3.8) is 0 Å². The second-order valence-electron chi connectivity index (χ2n) is 3.51. The first-order valence-corrected chi connectivity index (χ1v) is 6.89. The number of anilines is 1. The summed E-state index contributed by atoms with van der Waals surface area (Å²) in [5, 5.41) is 2.37. The molecule has 0 aliphatic rings. The maximum Gasteiger partial charge on any atom is 0.242 e. The minimum absolute atomic E-state index is 0.0863. The Morgan fingerprint density at radius 3 is 2.65 bits per heavy atom. The lowest BCUT2D eigenvalue weighted by molar-refractivity contribution is -0.105. The molecular formula is C11H16N2O3S. The van der Waals surface area contributed by atoms with Gasteiger partial charge < -0.3 is 5.32 Å². The highest BCUT2D eigenvalue weighted by Gasteiger charge is 2.16. The predicted molar refractivity (Wildman–Crippen MR) is 66.2 cm³/mol. The van der Waals surface area contributed by atoms with Crippen molar-refractivity contribution in [1.29, 1.82) is 0 Å². The van der Waals surface area contributed by atoms with Crippen LogP contribution in [0.25, 0.3) is 0 Å². The second-order valence-corrected chi connectivity index (χ2v) is 5.25. The SMILES string of the molecule is CCCCNS(=O)(=O)c1ccccc1NC=O. The molecule has 2 N–H and O–H groups in total. The molecule has 0 saturated carbocycles. The quantitative estimate of drug-likeness (QED) is 0.571. The molecule has 0 unspecified atom stereocenters. The third-order valence-electron chi connectivity index (χ3n) is 2.21.